The lowest BCUT2D eigenvalue weighted by Gasteiger charge is -2.21. The van der Waals surface area contributed by atoms with Gasteiger partial charge in [-0.1, -0.05) is 0 Å². The van der Waals surface area contributed by atoms with Crippen LogP contribution in [0.2, 0.25) is 0 Å². The van der Waals surface area contributed by atoms with E-state index in [1.54, 1.807) is 6.20 Å². The van der Waals surface area contributed by atoms with Gasteiger partial charge in [-0.05, 0) is 18.2 Å². The highest BCUT2D eigenvalue weighted by atomic mass is 32.2. The average Bonchev–Trinajstić information content (AvgIpc) is 2.77. The standard InChI is InChI=1S/C9H15N3OS/c13-9(2-4-14-7-9)6-10-5-8-1-3-11-12-8/h1,3,10,13H,2,4-7H2,(H,11,12). The van der Waals surface area contributed by atoms with Crippen molar-refractivity contribution in [3.63, 3.8) is 0 Å². The summed E-state index contributed by atoms with van der Waals surface area (Å²) < 4.78 is 0. The molecule has 78 valence electrons. The van der Waals surface area contributed by atoms with Crippen LogP contribution in [-0.4, -0.2) is 39.0 Å². The van der Waals surface area contributed by atoms with Crippen LogP contribution in [0.4, 0.5) is 0 Å². The van der Waals surface area contributed by atoms with Gasteiger partial charge in [-0.2, -0.15) is 16.9 Å². The van der Waals surface area contributed by atoms with E-state index in [9.17, 15) is 5.11 Å². The van der Waals surface area contributed by atoms with E-state index in [0.717, 1.165) is 30.2 Å². The van der Waals surface area contributed by atoms with Gasteiger partial charge >= 0.3 is 0 Å². The minimum Gasteiger partial charge on any atom is -0.388 e. The number of aliphatic hydroxyl groups is 1. The van der Waals surface area contributed by atoms with Crippen molar-refractivity contribution in [2.24, 2.45) is 0 Å². The van der Waals surface area contributed by atoms with Gasteiger partial charge in [0, 0.05) is 30.7 Å². The molecule has 1 unspecified atom stereocenters. The molecule has 0 aliphatic carbocycles. The van der Waals surface area contributed by atoms with Crippen molar-refractivity contribution in [1.29, 1.82) is 0 Å². The van der Waals surface area contributed by atoms with Crippen LogP contribution in [0.3, 0.4) is 0 Å². The third-order valence-corrected chi connectivity index (χ3v) is 3.64. The van der Waals surface area contributed by atoms with E-state index in [1.165, 1.54) is 0 Å². The highest BCUT2D eigenvalue weighted by Crippen LogP contribution is 2.26. The van der Waals surface area contributed by atoms with E-state index in [2.05, 4.69) is 15.5 Å². The topological polar surface area (TPSA) is 60.9 Å². The van der Waals surface area contributed by atoms with Crippen LogP contribution < -0.4 is 5.32 Å². The van der Waals surface area contributed by atoms with Crippen molar-refractivity contribution in [2.75, 3.05) is 18.1 Å². The molecule has 3 N–H and O–H groups in total. The lowest BCUT2D eigenvalue weighted by atomic mass is 10.0. The van der Waals surface area contributed by atoms with E-state index < -0.39 is 5.60 Å². The Hall–Kier alpha value is -0.520. The second kappa shape index (κ2) is 4.33. The van der Waals surface area contributed by atoms with Gasteiger partial charge in [-0.25, -0.2) is 0 Å². The first-order chi connectivity index (χ1) is 6.79. The van der Waals surface area contributed by atoms with Crippen LogP contribution in [0.25, 0.3) is 0 Å². The Morgan fingerprint density at radius 3 is 3.29 bits per heavy atom. The Morgan fingerprint density at radius 2 is 2.64 bits per heavy atom. The molecule has 0 spiro atoms. The summed E-state index contributed by atoms with van der Waals surface area (Å²) in [6.45, 7) is 1.41. The fraction of sp³-hybridized carbons (Fsp3) is 0.667. The van der Waals surface area contributed by atoms with Crippen molar-refractivity contribution >= 4 is 11.8 Å². The molecule has 5 heteroatoms. The van der Waals surface area contributed by atoms with E-state index >= 15 is 0 Å². The number of thioether (sulfide) groups is 1. The normalized spacial score (nSPS) is 26.9. The second-order valence-electron chi connectivity index (χ2n) is 3.71. The fourth-order valence-electron chi connectivity index (χ4n) is 1.55. The van der Waals surface area contributed by atoms with Gasteiger partial charge < -0.3 is 10.4 Å². The maximum absolute atomic E-state index is 10.0. The summed E-state index contributed by atoms with van der Waals surface area (Å²) in [5.74, 6) is 1.92. The van der Waals surface area contributed by atoms with Gasteiger partial charge in [-0.3, -0.25) is 5.10 Å². The summed E-state index contributed by atoms with van der Waals surface area (Å²) in [4.78, 5) is 0. The van der Waals surface area contributed by atoms with Gasteiger partial charge in [0.2, 0.25) is 0 Å². The smallest absolute Gasteiger partial charge is 0.0869 e. The molecule has 2 heterocycles. The van der Waals surface area contributed by atoms with Gasteiger partial charge in [0.15, 0.2) is 0 Å². The lowest BCUT2D eigenvalue weighted by Crippen LogP contribution is -2.40. The number of hydrogen-bond acceptors (Lipinski definition) is 4. The third kappa shape index (κ3) is 2.50. The van der Waals surface area contributed by atoms with Gasteiger partial charge in [0.05, 0.1) is 5.60 Å². The Bertz CT molecular complexity index is 270. The van der Waals surface area contributed by atoms with Gasteiger partial charge in [-0.15, -0.1) is 0 Å². The third-order valence-electron chi connectivity index (χ3n) is 2.41. The Balaban J connectivity index is 1.72. The largest absolute Gasteiger partial charge is 0.388 e. The number of aromatic amines is 1. The molecule has 1 aliphatic rings. The number of hydrogen-bond donors (Lipinski definition) is 3. The highest BCUT2D eigenvalue weighted by Gasteiger charge is 2.30. The van der Waals surface area contributed by atoms with Crippen LogP contribution in [0, 0.1) is 0 Å². The molecule has 1 aromatic rings. The first-order valence-electron chi connectivity index (χ1n) is 4.78. The predicted molar refractivity (Wildman–Crippen MR) is 57.2 cm³/mol. The zero-order chi connectivity index (χ0) is 9.86. The summed E-state index contributed by atoms with van der Waals surface area (Å²) in [6.07, 6.45) is 2.63. The van der Waals surface area contributed by atoms with Crippen molar-refractivity contribution in [3.05, 3.63) is 18.0 Å². The van der Waals surface area contributed by atoms with Gasteiger partial charge in [0.25, 0.3) is 0 Å². The zero-order valence-electron chi connectivity index (χ0n) is 7.99. The minimum atomic E-state index is -0.495. The molecule has 1 saturated heterocycles. The molecule has 0 amide bonds. The van der Waals surface area contributed by atoms with Crippen molar-refractivity contribution < 1.29 is 5.11 Å². The Morgan fingerprint density at radius 1 is 1.71 bits per heavy atom. The SMILES string of the molecule is OC1(CNCc2ccn[nH]2)CCSC1. The highest BCUT2D eigenvalue weighted by molar-refractivity contribution is 7.99. The molecule has 0 bridgehead atoms. The molecule has 1 aliphatic heterocycles. The summed E-state index contributed by atoms with van der Waals surface area (Å²) in [6, 6.07) is 1.93. The van der Waals surface area contributed by atoms with Crippen LogP contribution in [-0.2, 0) is 6.54 Å². The summed E-state index contributed by atoms with van der Waals surface area (Å²) in [5, 5.41) is 20.0. The molecular formula is C9H15N3OS. The molecule has 2 rings (SSSR count). The van der Waals surface area contributed by atoms with Crippen LogP contribution in [0.15, 0.2) is 12.3 Å². The molecule has 4 nitrogen and oxygen atoms in total. The number of H-pyrrole nitrogens is 1. The monoisotopic (exact) mass is 213 g/mol. The Kier molecular flexibility index (Phi) is 3.10. The quantitative estimate of drug-likeness (QED) is 0.676. The second-order valence-corrected chi connectivity index (χ2v) is 4.82. The van der Waals surface area contributed by atoms with E-state index in [0.29, 0.717) is 6.54 Å². The molecule has 0 radical (unpaired) electrons. The number of aromatic nitrogens is 2. The molecule has 1 aromatic heterocycles. The Labute approximate surface area is 87.5 Å². The lowest BCUT2D eigenvalue weighted by molar-refractivity contribution is 0.0674. The first kappa shape index (κ1) is 10.0. The van der Waals surface area contributed by atoms with E-state index in [1.807, 2.05) is 17.8 Å². The van der Waals surface area contributed by atoms with Crippen LogP contribution in [0.1, 0.15) is 12.1 Å². The molecule has 14 heavy (non-hydrogen) atoms. The minimum absolute atomic E-state index is 0.495. The first-order valence-corrected chi connectivity index (χ1v) is 5.93. The average molecular weight is 213 g/mol. The maximum Gasteiger partial charge on any atom is 0.0869 e. The molecule has 0 saturated carbocycles. The molecule has 1 fully saturated rings. The van der Waals surface area contributed by atoms with E-state index in [-0.39, 0.29) is 0 Å². The number of nitrogens with one attached hydrogen (secondary N) is 2. The summed E-state index contributed by atoms with van der Waals surface area (Å²) in [5.41, 5.74) is 0.560. The zero-order valence-corrected chi connectivity index (χ0v) is 8.81. The summed E-state index contributed by atoms with van der Waals surface area (Å²) in [7, 11) is 0. The van der Waals surface area contributed by atoms with Crippen LogP contribution in [0.5, 0.6) is 0 Å². The van der Waals surface area contributed by atoms with Crippen molar-refractivity contribution in [1.82, 2.24) is 15.5 Å². The number of rotatable bonds is 4. The van der Waals surface area contributed by atoms with Crippen LogP contribution >= 0.6 is 11.8 Å². The molecule has 1 atom stereocenters. The fourth-order valence-corrected chi connectivity index (χ4v) is 2.84. The summed E-state index contributed by atoms with van der Waals surface area (Å²) >= 11 is 1.82. The number of nitrogens with zero attached hydrogens (tertiary/aromatic N) is 1. The van der Waals surface area contributed by atoms with E-state index in [4.69, 9.17) is 0 Å². The van der Waals surface area contributed by atoms with Crippen molar-refractivity contribution in [3.8, 4) is 0 Å². The predicted octanol–water partition coefficient (Wildman–Crippen LogP) is 0.367. The van der Waals surface area contributed by atoms with Crippen molar-refractivity contribution in [2.45, 2.75) is 18.6 Å². The molecular weight excluding hydrogens is 198 g/mol. The maximum atomic E-state index is 10.0. The molecule has 0 aromatic carbocycles. The van der Waals surface area contributed by atoms with Gasteiger partial charge in [0.1, 0.15) is 0 Å².